The van der Waals surface area contributed by atoms with Crippen LogP contribution in [0, 0.1) is 5.92 Å². The molecule has 2 aliphatic heterocycles. The van der Waals surface area contributed by atoms with Crippen LogP contribution >= 0.6 is 11.6 Å². The van der Waals surface area contributed by atoms with Crippen molar-refractivity contribution < 1.29 is 0 Å². The number of nitrogens with zero attached hydrogens (tertiary/aromatic N) is 3. The molecule has 1 aromatic heterocycles. The van der Waals surface area contributed by atoms with Crippen LogP contribution in [0.4, 0.5) is 0 Å². The van der Waals surface area contributed by atoms with Gasteiger partial charge >= 0.3 is 0 Å². The lowest BCUT2D eigenvalue weighted by Crippen LogP contribution is -2.50. The predicted molar refractivity (Wildman–Crippen MR) is 144 cm³/mol. The number of hydrogen-bond acceptors (Lipinski definition) is 5. The normalized spacial score (nSPS) is 24.6. The maximum Gasteiger partial charge on any atom is 0.142 e. The molecule has 0 spiro atoms. The molecule has 2 atom stereocenters. The van der Waals surface area contributed by atoms with E-state index in [1.165, 1.54) is 0 Å². The molecule has 0 amide bonds. The van der Waals surface area contributed by atoms with Crippen LogP contribution in [0.5, 0.6) is 0 Å². The van der Waals surface area contributed by atoms with E-state index in [1.54, 1.807) is 6.20 Å². The van der Waals surface area contributed by atoms with Crippen molar-refractivity contribution in [2.45, 2.75) is 46.1 Å². The van der Waals surface area contributed by atoms with E-state index in [4.69, 9.17) is 22.3 Å². The number of aliphatic imine (C=N–C) groups is 1. The highest BCUT2D eigenvalue weighted by molar-refractivity contribution is 6.38. The van der Waals surface area contributed by atoms with Crippen molar-refractivity contribution >= 4 is 30.1 Å². The number of nitrogens with two attached hydrogens (primary N) is 1. The maximum absolute atomic E-state index is 6.79. The topological polar surface area (TPSA) is 78.6 Å². The summed E-state index contributed by atoms with van der Waals surface area (Å²) in [5, 5.41) is 9.16. The van der Waals surface area contributed by atoms with Crippen molar-refractivity contribution in [3.63, 3.8) is 0 Å². The number of likely N-dealkylation sites (N-methyl/N-ethyl adjacent to an activating group) is 1. The molecule has 34 heavy (non-hydrogen) atoms. The van der Waals surface area contributed by atoms with Gasteiger partial charge in [0.1, 0.15) is 11.7 Å². The Bertz CT molecular complexity index is 1160. The molecule has 0 radical (unpaired) electrons. The zero-order chi connectivity index (χ0) is 24.8. The maximum atomic E-state index is 6.79. The molecular weight excluding hydrogens is 444 g/mol. The Morgan fingerprint density at radius 2 is 2.24 bits per heavy atom. The number of aromatic nitrogens is 1. The molecule has 1 aromatic rings. The fraction of sp³-hybridized carbons (Fsp3) is 0.407. The summed E-state index contributed by atoms with van der Waals surface area (Å²) < 4.78 is 0. The number of nitrogens with one attached hydrogen (secondary N) is 2. The second-order valence-electron chi connectivity index (χ2n) is 8.90. The molecule has 6 nitrogen and oxygen atoms in total. The molecule has 1 saturated heterocycles. The summed E-state index contributed by atoms with van der Waals surface area (Å²) in [7, 11) is 2.00. The fourth-order valence-electron chi connectivity index (χ4n) is 4.32. The summed E-state index contributed by atoms with van der Waals surface area (Å²) in [4.78, 5) is 11.5. The lowest BCUT2D eigenvalue weighted by molar-refractivity contribution is 0.186. The van der Waals surface area contributed by atoms with Crippen LogP contribution in [0.3, 0.4) is 0 Å². The number of rotatable bonds is 7. The van der Waals surface area contributed by atoms with Gasteiger partial charge < -0.3 is 21.3 Å². The van der Waals surface area contributed by atoms with Gasteiger partial charge in [-0.3, -0.25) is 4.98 Å². The molecule has 0 unspecified atom stereocenters. The standard InChI is InChI=1S/C27H37ClN6/c1-7-20(15-22-17(3)10-9-12-31-22)14-19(5)32-27-24(25(28)21(8-2)33-27)26(29)34-13-11-18(4)23(16-34)30-6/h7,9-10,12,15,18,23,30H,3,5,8,11,13-14,16,29H2,1-2,4,6H3,(H,32,33)/b20-7-,22-15+,26-24+/t18-,23+/m1/s1. The molecule has 0 aliphatic carbocycles. The summed E-state index contributed by atoms with van der Waals surface area (Å²) in [5.41, 5.74) is 10.2. The minimum atomic E-state index is 0.378. The van der Waals surface area contributed by atoms with Gasteiger partial charge in [0.25, 0.3) is 0 Å². The molecule has 2 aliphatic rings. The number of halogens is 1. The lowest BCUT2D eigenvalue weighted by Gasteiger charge is -2.38. The second kappa shape index (κ2) is 11.5. The first-order valence-electron chi connectivity index (χ1n) is 11.9. The van der Waals surface area contributed by atoms with E-state index in [9.17, 15) is 0 Å². The number of allylic oxidation sites excluding steroid dienone is 3. The van der Waals surface area contributed by atoms with E-state index in [0.717, 1.165) is 53.3 Å². The average Bonchev–Trinajstić information content (AvgIpc) is 3.14. The molecule has 0 aromatic carbocycles. The first kappa shape index (κ1) is 25.8. The molecule has 4 N–H and O–H groups in total. The Labute approximate surface area is 208 Å². The third kappa shape index (κ3) is 5.80. The summed E-state index contributed by atoms with van der Waals surface area (Å²) in [5.74, 6) is 1.92. The van der Waals surface area contributed by atoms with Crippen LogP contribution in [-0.2, 0) is 0 Å². The van der Waals surface area contributed by atoms with Crippen LogP contribution in [0.25, 0.3) is 12.7 Å². The summed E-state index contributed by atoms with van der Waals surface area (Å²) in [6, 6.07) is 4.21. The molecule has 182 valence electrons. The third-order valence-electron chi connectivity index (χ3n) is 6.57. The van der Waals surface area contributed by atoms with Crippen LogP contribution in [0.1, 0.15) is 40.0 Å². The van der Waals surface area contributed by atoms with Crippen LogP contribution in [0.2, 0.25) is 0 Å². The predicted octanol–water partition coefficient (Wildman–Crippen LogP) is 3.08. The van der Waals surface area contributed by atoms with E-state index in [2.05, 4.69) is 47.5 Å². The minimum Gasteiger partial charge on any atom is -0.385 e. The first-order valence-corrected chi connectivity index (χ1v) is 12.3. The molecule has 0 bridgehead atoms. The smallest absolute Gasteiger partial charge is 0.142 e. The van der Waals surface area contributed by atoms with E-state index < -0.39 is 0 Å². The number of amidine groups is 1. The van der Waals surface area contributed by atoms with Gasteiger partial charge in [0.15, 0.2) is 0 Å². The monoisotopic (exact) mass is 480 g/mol. The van der Waals surface area contributed by atoms with E-state index in [-0.39, 0.29) is 0 Å². The summed E-state index contributed by atoms with van der Waals surface area (Å²) in [6.45, 7) is 16.3. The van der Waals surface area contributed by atoms with Gasteiger partial charge in [-0.2, -0.15) is 0 Å². The summed E-state index contributed by atoms with van der Waals surface area (Å²) in [6.07, 6.45) is 8.24. The zero-order valence-corrected chi connectivity index (χ0v) is 21.5. The third-order valence-corrected chi connectivity index (χ3v) is 6.98. The van der Waals surface area contributed by atoms with Crippen molar-refractivity contribution in [1.82, 2.24) is 20.5 Å². The number of hydrogen-bond donors (Lipinski definition) is 3. The Hall–Kier alpha value is -2.83. The highest BCUT2D eigenvalue weighted by atomic mass is 35.5. The van der Waals surface area contributed by atoms with Crippen LogP contribution in [-0.4, -0.2) is 41.9 Å². The lowest BCUT2D eigenvalue weighted by atomic mass is 9.93. The fourth-order valence-corrected chi connectivity index (χ4v) is 4.69. The van der Waals surface area contributed by atoms with E-state index >= 15 is 0 Å². The molecule has 7 heteroatoms. The van der Waals surface area contributed by atoms with Gasteiger partial charge in [-0.15, -0.1) is 0 Å². The average molecular weight is 481 g/mol. The van der Waals surface area contributed by atoms with Crippen molar-refractivity contribution in [1.29, 1.82) is 0 Å². The molecule has 1 fully saturated rings. The summed E-state index contributed by atoms with van der Waals surface area (Å²) >= 11 is 6.79. The molecule has 3 rings (SSSR count). The van der Waals surface area contributed by atoms with E-state index in [1.807, 2.05) is 38.3 Å². The highest BCUT2D eigenvalue weighted by Crippen LogP contribution is 2.32. The largest absolute Gasteiger partial charge is 0.385 e. The molecule has 0 saturated carbocycles. The molecular formula is C27H37ClN6. The van der Waals surface area contributed by atoms with Crippen LogP contribution < -0.4 is 26.9 Å². The number of likely N-dealkylation sites (tertiary alicyclic amines) is 1. The SMILES string of the molecule is C=C(CC(=C/C)/C=c1/ncccc1=C)/N=C1/NC(CC)=C(Cl)/C1=C(/N)N1CC[C@@H](C)[C@@H](NC)C1. The Balaban J connectivity index is 1.89. The first-order chi connectivity index (χ1) is 16.3. The van der Waals surface area contributed by atoms with Gasteiger partial charge in [0, 0.05) is 43.1 Å². The van der Waals surface area contributed by atoms with E-state index in [0.29, 0.717) is 40.8 Å². The quantitative estimate of drug-likeness (QED) is 0.559. The number of pyridine rings is 1. The van der Waals surface area contributed by atoms with Gasteiger partial charge in [0.05, 0.1) is 16.0 Å². The van der Waals surface area contributed by atoms with Crippen LogP contribution in [0.15, 0.2) is 69.4 Å². The Morgan fingerprint density at radius 1 is 1.47 bits per heavy atom. The van der Waals surface area contributed by atoms with Crippen molar-refractivity contribution in [2.75, 3.05) is 20.1 Å². The van der Waals surface area contributed by atoms with Crippen molar-refractivity contribution in [3.05, 3.63) is 74.9 Å². The second-order valence-corrected chi connectivity index (χ2v) is 9.28. The Morgan fingerprint density at radius 3 is 2.88 bits per heavy atom. The number of piperidine rings is 1. The van der Waals surface area contributed by atoms with Crippen molar-refractivity contribution in [3.8, 4) is 0 Å². The molecule has 3 heterocycles. The van der Waals surface area contributed by atoms with Gasteiger partial charge in [-0.1, -0.05) is 50.7 Å². The van der Waals surface area contributed by atoms with Gasteiger partial charge in [-0.05, 0) is 55.7 Å². The van der Waals surface area contributed by atoms with Gasteiger partial charge in [0.2, 0.25) is 0 Å². The minimum absolute atomic E-state index is 0.378. The Kier molecular flexibility index (Phi) is 8.75. The highest BCUT2D eigenvalue weighted by Gasteiger charge is 2.31. The van der Waals surface area contributed by atoms with Crippen molar-refractivity contribution in [2.24, 2.45) is 16.6 Å². The van der Waals surface area contributed by atoms with Gasteiger partial charge in [-0.25, -0.2) is 4.99 Å². The zero-order valence-electron chi connectivity index (χ0n) is 20.8.